The molecule has 0 aliphatic rings. The number of amides is 1. The second-order valence-electron chi connectivity index (χ2n) is 6.58. The Hall–Kier alpha value is -3.17. The number of aromatic nitrogens is 1. The topological polar surface area (TPSA) is 82.8 Å². The van der Waals surface area contributed by atoms with Crippen molar-refractivity contribution in [2.24, 2.45) is 0 Å². The summed E-state index contributed by atoms with van der Waals surface area (Å²) in [6.45, 7) is 5.47. The summed E-state index contributed by atoms with van der Waals surface area (Å²) in [4.78, 5) is 28.4. The molecule has 1 heterocycles. The zero-order valence-electron chi connectivity index (χ0n) is 15.9. The molecule has 1 aromatic heterocycles. The molecule has 0 saturated heterocycles. The van der Waals surface area contributed by atoms with Crippen LogP contribution in [-0.4, -0.2) is 22.4 Å². The molecule has 0 radical (unpaired) electrons. The van der Waals surface area contributed by atoms with Crippen LogP contribution in [0.3, 0.4) is 0 Å². The lowest BCUT2D eigenvalue weighted by molar-refractivity contribution is -0.113. The Bertz CT molecular complexity index is 1130. The SMILES string of the molecule is CC(=O)c1cccc(NC(=O)CSc2nc3c(C)cc(C)cc3cc2C#N)c1. The van der Waals surface area contributed by atoms with Crippen LogP contribution in [0.1, 0.15) is 34.0 Å². The van der Waals surface area contributed by atoms with Crippen molar-refractivity contribution in [3.05, 3.63) is 64.7 Å². The van der Waals surface area contributed by atoms with Crippen LogP contribution < -0.4 is 5.32 Å². The molecule has 3 rings (SSSR count). The van der Waals surface area contributed by atoms with Gasteiger partial charge < -0.3 is 5.32 Å². The zero-order valence-corrected chi connectivity index (χ0v) is 16.7. The van der Waals surface area contributed by atoms with Crippen molar-refractivity contribution < 1.29 is 9.59 Å². The number of aryl methyl sites for hydroxylation is 2. The summed E-state index contributed by atoms with van der Waals surface area (Å²) in [5, 5.41) is 13.7. The van der Waals surface area contributed by atoms with Crippen LogP contribution >= 0.6 is 11.8 Å². The van der Waals surface area contributed by atoms with Crippen LogP contribution in [0, 0.1) is 25.2 Å². The first-order valence-corrected chi connectivity index (χ1v) is 9.71. The van der Waals surface area contributed by atoms with E-state index in [0.29, 0.717) is 21.8 Å². The number of nitriles is 1. The molecule has 0 unspecified atom stereocenters. The minimum Gasteiger partial charge on any atom is -0.325 e. The van der Waals surface area contributed by atoms with E-state index in [-0.39, 0.29) is 17.4 Å². The average molecular weight is 389 g/mol. The number of ketones is 1. The number of carbonyl (C=O) groups is 2. The van der Waals surface area contributed by atoms with Gasteiger partial charge in [-0.3, -0.25) is 9.59 Å². The van der Waals surface area contributed by atoms with Crippen molar-refractivity contribution in [3.63, 3.8) is 0 Å². The van der Waals surface area contributed by atoms with E-state index in [1.807, 2.05) is 32.0 Å². The van der Waals surface area contributed by atoms with E-state index in [1.54, 1.807) is 24.3 Å². The largest absolute Gasteiger partial charge is 0.325 e. The van der Waals surface area contributed by atoms with Crippen LogP contribution in [-0.2, 0) is 4.79 Å². The van der Waals surface area contributed by atoms with Gasteiger partial charge >= 0.3 is 0 Å². The van der Waals surface area contributed by atoms with Crippen molar-refractivity contribution in [2.45, 2.75) is 25.8 Å². The molecular weight excluding hydrogens is 370 g/mol. The smallest absolute Gasteiger partial charge is 0.234 e. The molecule has 6 heteroatoms. The molecule has 140 valence electrons. The second-order valence-corrected chi connectivity index (χ2v) is 7.54. The summed E-state index contributed by atoms with van der Waals surface area (Å²) in [5.74, 6) is -0.171. The van der Waals surface area contributed by atoms with E-state index in [0.717, 1.165) is 22.0 Å². The van der Waals surface area contributed by atoms with Gasteiger partial charge in [-0.15, -0.1) is 0 Å². The molecule has 0 saturated carbocycles. The highest BCUT2D eigenvalue weighted by Crippen LogP contribution is 2.27. The molecule has 0 atom stereocenters. The number of fused-ring (bicyclic) bond motifs is 1. The summed E-state index contributed by atoms with van der Waals surface area (Å²) in [6.07, 6.45) is 0. The number of nitrogens with zero attached hydrogens (tertiary/aromatic N) is 2. The number of anilines is 1. The number of thioether (sulfide) groups is 1. The zero-order chi connectivity index (χ0) is 20.3. The van der Waals surface area contributed by atoms with Gasteiger partial charge in [-0.2, -0.15) is 5.26 Å². The van der Waals surface area contributed by atoms with E-state index in [1.165, 1.54) is 18.7 Å². The van der Waals surface area contributed by atoms with E-state index in [2.05, 4.69) is 16.4 Å². The van der Waals surface area contributed by atoms with Gasteiger partial charge in [0, 0.05) is 16.6 Å². The molecule has 0 fully saturated rings. The standard InChI is InChI=1S/C22H19N3O2S/c1-13-7-14(2)21-17(8-13)9-18(11-23)22(25-21)28-12-20(27)24-19-6-4-5-16(10-19)15(3)26/h4-10H,12H2,1-3H3,(H,24,27). The highest BCUT2D eigenvalue weighted by atomic mass is 32.2. The number of Topliss-reactive ketones (excluding diaryl/α,β-unsaturated/α-hetero) is 1. The molecule has 0 aliphatic carbocycles. The molecule has 1 amide bonds. The molecular formula is C22H19N3O2S. The Labute approximate surface area is 167 Å². The first kappa shape index (κ1) is 19.6. The summed E-state index contributed by atoms with van der Waals surface area (Å²) in [7, 11) is 0. The maximum Gasteiger partial charge on any atom is 0.234 e. The fourth-order valence-corrected chi connectivity index (χ4v) is 3.73. The summed E-state index contributed by atoms with van der Waals surface area (Å²) in [5.41, 5.74) is 4.54. The Kier molecular flexibility index (Phi) is 5.76. The van der Waals surface area contributed by atoms with Crippen LogP contribution in [0.4, 0.5) is 5.69 Å². The lowest BCUT2D eigenvalue weighted by Gasteiger charge is -2.09. The minimum atomic E-state index is -0.225. The van der Waals surface area contributed by atoms with Gasteiger partial charge in [0.15, 0.2) is 5.78 Å². The van der Waals surface area contributed by atoms with Crippen molar-refractivity contribution in [2.75, 3.05) is 11.1 Å². The number of rotatable bonds is 5. The minimum absolute atomic E-state index is 0.0601. The van der Waals surface area contributed by atoms with Gasteiger partial charge in [0.25, 0.3) is 0 Å². The highest BCUT2D eigenvalue weighted by molar-refractivity contribution is 8.00. The van der Waals surface area contributed by atoms with Crippen LogP contribution in [0.15, 0.2) is 47.5 Å². The number of hydrogen-bond donors (Lipinski definition) is 1. The maximum absolute atomic E-state index is 12.3. The Morgan fingerprint density at radius 3 is 2.68 bits per heavy atom. The molecule has 28 heavy (non-hydrogen) atoms. The average Bonchev–Trinajstić information content (AvgIpc) is 2.66. The molecule has 0 bridgehead atoms. The number of hydrogen-bond acceptors (Lipinski definition) is 5. The number of pyridine rings is 1. The Balaban J connectivity index is 1.77. The molecule has 0 spiro atoms. The molecule has 2 aromatic carbocycles. The monoisotopic (exact) mass is 389 g/mol. The van der Waals surface area contributed by atoms with Crippen LogP contribution in [0.2, 0.25) is 0 Å². The van der Waals surface area contributed by atoms with E-state index < -0.39 is 0 Å². The van der Waals surface area contributed by atoms with Gasteiger partial charge in [-0.1, -0.05) is 35.5 Å². The summed E-state index contributed by atoms with van der Waals surface area (Å²) >= 11 is 1.22. The van der Waals surface area contributed by atoms with Gasteiger partial charge in [0.05, 0.1) is 16.8 Å². The van der Waals surface area contributed by atoms with E-state index in [4.69, 9.17) is 0 Å². The first-order chi connectivity index (χ1) is 13.4. The third kappa shape index (κ3) is 4.38. The van der Waals surface area contributed by atoms with Gasteiger partial charge in [-0.05, 0) is 50.6 Å². The lowest BCUT2D eigenvalue weighted by Crippen LogP contribution is -2.14. The number of benzene rings is 2. The van der Waals surface area contributed by atoms with Gasteiger partial charge in [-0.25, -0.2) is 4.98 Å². The summed E-state index contributed by atoms with van der Waals surface area (Å²) < 4.78 is 0. The second kappa shape index (κ2) is 8.24. The number of nitrogens with one attached hydrogen (secondary N) is 1. The third-order valence-electron chi connectivity index (χ3n) is 4.23. The van der Waals surface area contributed by atoms with Crippen molar-refractivity contribution in [3.8, 4) is 6.07 Å². The van der Waals surface area contributed by atoms with Gasteiger partial charge in [0.1, 0.15) is 11.1 Å². The Morgan fingerprint density at radius 2 is 1.96 bits per heavy atom. The third-order valence-corrected chi connectivity index (χ3v) is 5.22. The fraction of sp³-hybridized carbons (Fsp3) is 0.182. The fourth-order valence-electron chi connectivity index (χ4n) is 2.97. The first-order valence-electron chi connectivity index (χ1n) is 8.73. The normalized spacial score (nSPS) is 10.5. The number of carbonyl (C=O) groups excluding carboxylic acids is 2. The molecule has 0 aliphatic heterocycles. The van der Waals surface area contributed by atoms with Crippen LogP contribution in [0.5, 0.6) is 0 Å². The predicted octanol–water partition coefficient (Wildman–Crippen LogP) is 4.66. The van der Waals surface area contributed by atoms with Crippen molar-refractivity contribution in [1.29, 1.82) is 5.26 Å². The maximum atomic E-state index is 12.3. The predicted molar refractivity (Wildman–Crippen MR) is 112 cm³/mol. The van der Waals surface area contributed by atoms with Crippen LogP contribution in [0.25, 0.3) is 10.9 Å². The highest BCUT2D eigenvalue weighted by Gasteiger charge is 2.12. The van der Waals surface area contributed by atoms with Crippen molar-refractivity contribution >= 4 is 40.0 Å². The lowest BCUT2D eigenvalue weighted by atomic mass is 10.1. The molecule has 3 aromatic rings. The quantitative estimate of drug-likeness (QED) is 0.507. The molecule has 5 nitrogen and oxygen atoms in total. The van der Waals surface area contributed by atoms with E-state index >= 15 is 0 Å². The Morgan fingerprint density at radius 1 is 1.18 bits per heavy atom. The van der Waals surface area contributed by atoms with E-state index in [9.17, 15) is 14.9 Å². The molecule has 1 N–H and O–H groups in total. The van der Waals surface area contributed by atoms with Crippen molar-refractivity contribution in [1.82, 2.24) is 4.98 Å². The van der Waals surface area contributed by atoms with Gasteiger partial charge in [0.2, 0.25) is 5.91 Å². The summed E-state index contributed by atoms with van der Waals surface area (Å²) in [6, 6.07) is 14.8.